The maximum absolute atomic E-state index is 11.7. The number of ketones is 1. The fraction of sp³-hybridized carbons (Fsp3) is 0.308. The molecule has 92 valence electrons. The second kappa shape index (κ2) is 4.88. The van der Waals surface area contributed by atoms with E-state index in [4.69, 9.17) is 10.00 Å². The van der Waals surface area contributed by atoms with Crippen LogP contribution in [0.1, 0.15) is 23.7 Å². The van der Waals surface area contributed by atoms with E-state index in [1.165, 1.54) is 11.8 Å². The molecule has 1 unspecified atom stereocenters. The number of nitriles is 1. The number of carbonyl (C=O) groups excluding carboxylic acids is 2. The molecule has 0 radical (unpaired) electrons. The van der Waals surface area contributed by atoms with Crippen LogP contribution in [0.15, 0.2) is 24.3 Å². The lowest BCUT2D eigenvalue weighted by atomic mass is 10.1. The minimum absolute atomic E-state index is 0.0574. The van der Waals surface area contributed by atoms with Crippen LogP contribution in [-0.4, -0.2) is 24.5 Å². The predicted octanol–water partition coefficient (Wildman–Crippen LogP) is 2.13. The third kappa shape index (κ3) is 2.33. The molecule has 1 aromatic rings. The summed E-state index contributed by atoms with van der Waals surface area (Å²) in [4.78, 5) is 24.4. The molecule has 0 N–H and O–H groups in total. The average molecular weight is 244 g/mol. The number of benzene rings is 1. The monoisotopic (exact) mass is 244 g/mol. The number of anilines is 1. The maximum Gasteiger partial charge on any atom is 0.414 e. The van der Waals surface area contributed by atoms with Crippen LogP contribution >= 0.6 is 0 Å². The largest absolute Gasteiger partial charge is 0.443 e. The number of nitrogens with zero attached hydrogens (tertiary/aromatic N) is 2. The van der Waals surface area contributed by atoms with Crippen molar-refractivity contribution in [3.05, 3.63) is 29.8 Å². The number of rotatable bonds is 3. The summed E-state index contributed by atoms with van der Waals surface area (Å²) >= 11 is 0. The molecule has 1 saturated heterocycles. The molecule has 0 spiro atoms. The van der Waals surface area contributed by atoms with Gasteiger partial charge in [0.1, 0.15) is 6.10 Å². The summed E-state index contributed by atoms with van der Waals surface area (Å²) in [6.45, 7) is 1.81. The lowest BCUT2D eigenvalue weighted by molar-refractivity contribution is 0.101. The van der Waals surface area contributed by atoms with Crippen molar-refractivity contribution >= 4 is 17.6 Å². The zero-order chi connectivity index (χ0) is 13.1. The van der Waals surface area contributed by atoms with Gasteiger partial charge in [-0.25, -0.2) is 4.79 Å². The van der Waals surface area contributed by atoms with Crippen LogP contribution in [0.25, 0.3) is 0 Å². The van der Waals surface area contributed by atoms with Gasteiger partial charge in [-0.3, -0.25) is 9.69 Å². The molecule has 0 bridgehead atoms. The summed E-state index contributed by atoms with van der Waals surface area (Å²) in [6.07, 6.45) is -0.700. The number of amides is 1. The summed E-state index contributed by atoms with van der Waals surface area (Å²) in [5, 5.41) is 8.58. The average Bonchev–Trinajstić information content (AvgIpc) is 2.71. The quantitative estimate of drug-likeness (QED) is 0.763. The molecular weight excluding hydrogens is 232 g/mol. The van der Waals surface area contributed by atoms with Gasteiger partial charge in [-0.15, -0.1) is 0 Å². The van der Waals surface area contributed by atoms with Gasteiger partial charge < -0.3 is 4.74 Å². The van der Waals surface area contributed by atoms with Crippen LogP contribution in [0.5, 0.6) is 0 Å². The van der Waals surface area contributed by atoms with E-state index < -0.39 is 12.2 Å². The first-order valence-corrected chi connectivity index (χ1v) is 5.58. The summed E-state index contributed by atoms with van der Waals surface area (Å²) in [5.74, 6) is -0.0574. The molecule has 0 saturated carbocycles. The standard InChI is InChI=1S/C13H12N2O3/c1-9(16)10-3-2-4-11(7-10)15-8-12(5-6-14)18-13(15)17/h2-4,7,12H,5,8H2,1H3. The van der Waals surface area contributed by atoms with Crippen molar-refractivity contribution in [3.8, 4) is 6.07 Å². The van der Waals surface area contributed by atoms with Gasteiger partial charge in [0.2, 0.25) is 0 Å². The van der Waals surface area contributed by atoms with Gasteiger partial charge in [0.25, 0.3) is 0 Å². The van der Waals surface area contributed by atoms with E-state index in [0.717, 1.165) is 0 Å². The third-order valence-corrected chi connectivity index (χ3v) is 2.76. The van der Waals surface area contributed by atoms with E-state index in [2.05, 4.69) is 0 Å². The van der Waals surface area contributed by atoms with E-state index in [1.54, 1.807) is 24.3 Å². The Kier molecular flexibility index (Phi) is 3.28. The Hall–Kier alpha value is -2.35. The fourth-order valence-corrected chi connectivity index (χ4v) is 1.83. The van der Waals surface area contributed by atoms with E-state index in [-0.39, 0.29) is 12.2 Å². The van der Waals surface area contributed by atoms with Gasteiger partial charge in [-0.05, 0) is 19.1 Å². The Balaban J connectivity index is 2.22. The molecule has 1 aromatic carbocycles. The smallest absolute Gasteiger partial charge is 0.414 e. The summed E-state index contributed by atoms with van der Waals surface area (Å²) < 4.78 is 5.05. The Morgan fingerprint density at radius 3 is 3.06 bits per heavy atom. The van der Waals surface area contributed by atoms with Gasteiger partial charge in [0.15, 0.2) is 5.78 Å². The van der Waals surface area contributed by atoms with Gasteiger partial charge in [-0.2, -0.15) is 5.26 Å². The SMILES string of the molecule is CC(=O)c1cccc(N2CC(CC#N)OC2=O)c1. The highest BCUT2D eigenvalue weighted by atomic mass is 16.6. The van der Waals surface area contributed by atoms with Gasteiger partial charge in [0, 0.05) is 11.3 Å². The molecule has 0 aromatic heterocycles. The molecule has 1 aliphatic heterocycles. The highest BCUT2D eigenvalue weighted by Crippen LogP contribution is 2.23. The molecule has 18 heavy (non-hydrogen) atoms. The predicted molar refractivity (Wildman–Crippen MR) is 64.3 cm³/mol. The van der Waals surface area contributed by atoms with Gasteiger partial charge >= 0.3 is 6.09 Å². The summed E-state index contributed by atoms with van der Waals surface area (Å²) in [6, 6.07) is 8.78. The fourth-order valence-electron chi connectivity index (χ4n) is 1.83. The minimum Gasteiger partial charge on any atom is -0.443 e. The van der Waals surface area contributed by atoms with Crippen LogP contribution in [0.3, 0.4) is 0 Å². The van der Waals surface area contributed by atoms with Crippen LogP contribution in [0.4, 0.5) is 10.5 Å². The number of carbonyl (C=O) groups is 2. The van der Waals surface area contributed by atoms with Crippen LogP contribution in [0, 0.1) is 11.3 Å². The molecule has 2 rings (SSSR count). The molecule has 1 aliphatic rings. The lowest BCUT2D eigenvalue weighted by Gasteiger charge is -2.13. The van der Waals surface area contributed by atoms with Crippen molar-refractivity contribution in [3.63, 3.8) is 0 Å². The second-order valence-corrected chi connectivity index (χ2v) is 4.09. The van der Waals surface area contributed by atoms with Crippen LogP contribution in [0.2, 0.25) is 0 Å². The topological polar surface area (TPSA) is 70.4 Å². The number of Topliss-reactive ketones (excluding diaryl/α,β-unsaturated/α-hetero) is 1. The van der Waals surface area contributed by atoms with E-state index in [0.29, 0.717) is 17.8 Å². The normalized spacial score (nSPS) is 18.3. The molecule has 0 aliphatic carbocycles. The Morgan fingerprint density at radius 2 is 2.39 bits per heavy atom. The molecule has 5 nitrogen and oxygen atoms in total. The van der Waals surface area contributed by atoms with E-state index in [9.17, 15) is 9.59 Å². The first-order chi connectivity index (χ1) is 8.61. The highest BCUT2D eigenvalue weighted by Gasteiger charge is 2.32. The van der Waals surface area contributed by atoms with E-state index >= 15 is 0 Å². The number of cyclic esters (lactones) is 1. The molecule has 1 heterocycles. The molecular formula is C13H12N2O3. The first-order valence-electron chi connectivity index (χ1n) is 5.58. The van der Waals surface area contributed by atoms with Crippen molar-refractivity contribution in [2.24, 2.45) is 0 Å². The molecule has 1 atom stereocenters. The summed E-state index contributed by atoms with van der Waals surface area (Å²) in [7, 11) is 0. The Bertz CT molecular complexity index is 533. The van der Waals surface area contributed by atoms with E-state index in [1.807, 2.05) is 6.07 Å². The van der Waals surface area contributed by atoms with Crippen molar-refractivity contribution in [2.75, 3.05) is 11.4 Å². The van der Waals surface area contributed by atoms with Crippen molar-refractivity contribution in [1.82, 2.24) is 0 Å². The zero-order valence-electron chi connectivity index (χ0n) is 9.92. The zero-order valence-corrected chi connectivity index (χ0v) is 9.92. The molecule has 1 amide bonds. The van der Waals surface area contributed by atoms with Crippen LogP contribution in [-0.2, 0) is 4.74 Å². The van der Waals surface area contributed by atoms with Crippen molar-refractivity contribution < 1.29 is 14.3 Å². The van der Waals surface area contributed by atoms with Gasteiger partial charge in [0.05, 0.1) is 19.0 Å². The first kappa shape index (κ1) is 12.1. The Labute approximate surface area is 105 Å². The summed E-state index contributed by atoms with van der Waals surface area (Å²) in [5.41, 5.74) is 1.16. The number of ether oxygens (including phenoxy) is 1. The molecule has 5 heteroatoms. The third-order valence-electron chi connectivity index (χ3n) is 2.76. The Morgan fingerprint density at radius 1 is 1.61 bits per heavy atom. The number of hydrogen-bond acceptors (Lipinski definition) is 4. The maximum atomic E-state index is 11.7. The number of hydrogen-bond donors (Lipinski definition) is 0. The van der Waals surface area contributed by atoms with Crippen LogP contribution < -0.4 is 4.90 Å². The minimum atomic E-state index is -0.476. The van der Waals surface area contributed by atoms with Gasteiger partial charge in [-0.1, -0.05) is 12.1 Å². The second-order valence-electron chi connectivity index (χ2n) is 4.09. The van der Waals surface area contributed by atoms with Crippen molar-refractivity contribution in [2.45, 2.75) is 19.4 Å². The molecule has 1 fully saturated rings. The van der Waals surface area contributed by atoms with Crippen molar-refractivity contribution in [1.29, 1.82) is 5.26 Å². The lowest BCUT2D eigenvalue weighted by Crippen LogP contribution is -2.24. The highest BCUT2D eigenvalue weighted by molar-refractivity contribution is 5.97.